The Morgan fingerprint density at radius 1 is 1.10 bits per heavy atom. The van der Waals surface area contributed by atoms with Crippen molar-refractivity contribution in [2.45, 2.75) is 6.42 Å². The second-order valence-electron chi connectivity index (χ2n) is 6.76. The van der Waals surface area contributed by atoms with Crippen LogP contribution in [0, 0.1) is 5.92 Å². The predicted molar refractivity (Wildman–Crippen MR) is 116 cm³/mol. The number of carbonyl (C=O) groups excluding carboxylic acids is 3. The van der Waals surface area contributed by atoms with Crippen molar-refractivity contribution < 1.29 is 19.1 Å². The number of nitrogens with one attached hydrogen (secondary N) is 1. The van der Waals surface area contributed by atoms with Crippen LogP contribution in [0.15, 0.2) is 66.0 Å². The number of nitrogens with zero attached hydrogens (tertiary/aromatic N) is 1. The number of benzene rings is 2. The van der Waals surface area contributed by atoms with E-state index in [4.69, 9.17) is 16.3 Å². The molecule has 1 aliphatic heterocycles. The summed E-state index contributed by atoms with van der Waals surface area (Å²) in [5.74, 6) is -1.02. The average Bonchev–Trinajstić information content (AvgIpc) is 3.39. The lowest BCUT2D eigenvalue weighted by atomic mass is 10.1. The first-order valence-corrected chi connectivity index (χ1v) is 10.5. The molecule has 0 radical (unpaired) electrons. The molecule has 6 nitrogen and oxygen atoms in total. The van der Waals surface area contributed by atoms with E-state index in [-0.39, 0.29) is 24.8 Å². The van der Waals surface area contributed by atoms with E-state index in [2.05, 4.69) is 5.32 Å². The monoisotopic (exact) mass is 440 g/mol. The minimum Gasteiger partial charge on any atom is -0.426 e. The fraction of sp³-hybridized carbons (Fsp3) is 0.136. The third-order valence-electron chi connectivity index (χ3n) is 4.65. The van der Waals surface area contributed by atoms with Gasteiger partial charge in [-0.05, 0) is 53.9 Å². The van der Waals surface area contributed by atoms with Gasteiger partial charge >= 0.3 is 5.97 Å². The highest BCUT2D eigenvalue weighted by Crippen LogP contribution is 2.28. The molecule has 1 saturated heterocycles. The van der Waals surface area contributed by atoms with Gasteiger partial charge in [0, 0.05) is 29.4 Å². The van der Waals surface area contributed by atoms with Crippen LogP contribution in [0.25, 0.3) is 0 Å². The van der Waals surface area contributed by atoms with Gasteiger partial charge in [0.05, 0.1) is 10.8 Å². The van der Waals surface area contributed by atoms with Crippen molar-refractivity contribution in [1.82, 2.24) is 0 Å². The quantitative estimate of drug-likeness (QED) is 0.464. The van der Waals surface area contributed by atoms with Crippen LogP contribution in [0.4, 0.5) is 11.4 Å². The number of carbonyl (C=O) groups is 3. The first kappa shape index (κ1) is 20.1. The van der Waals surface area contributed by atoms with Crippen molar-refractivity contribution in [2.75, 3.05) is 16.8 Å². The number of thiophene rings is 1. The van der Waals surface area contributed by atoms with E-state index >= 15 is 0 Å². The van der Waals surface area contributed by atoms with E-state index in [1.807, 2.05) is 11.4 Å². The third kappa shape index (κ3) is 4.53. The van der Waals surface area contributed by atoms with Crippen LogP contribution in [-0.2, 0) is 9.59 Å². The van der Waals surface area contributed by atoms with E-state index in [1.54, 1.807) is 59.5 Å². The number of esters is 1. The molecule has 2 aromatic carbocycles. The van der Waals surface area contributed by atoms with Gasteiger partial charge in [0.1, 0.15) is 5.75 Å². The van der Waals surface area contributed by atoms with Gasteiger partial charge in [-0.25, -0.2) is 0 Å². The van der Waals surface area contributed by atoms with Crippen molar-refractivity contribution in [3.8, 4) is 5.75 Å². The molecule has 4 rings (SSSR count). The lowest BCUT2D eigenvalue weighted by molar-refractivity contribution is -0.139. The Balaban J connectivity index is 1.36. The molecule has 2 amide bonds. The normalized spacial score (nSPS) is 15.8. The van der Waals surface area contributed by atoms with E-state index in [1.165, 1.54) is 11.3 Å². The maximum absolute atomic E-state index is 12.5. The molecular weight excluding hydrogens is 424 g/mol. The zero-order valence-corrected chi connectivity index (χ0v) is 17.3. The van der Waals surface area contributed by atoms with Crippen LogP contribution in [0.5, 0.6) is 5.75 Å². The first-order valence-electron chi connectivity index (χ1n) is 9.22. The number of hydrogen-bond acceptors (Lipinski definition) is 5. The maximum Gasteiger partial charge on any atom is 0.316 e. The standard InChI is InChI=1S/C22H17ClN2O4S/c23-15-3-1-4-17(12-15)25-13-14(11-20(25)26)22(28)29-18-8-6-16(7-9-18)24-21(27)19-5-2-10-30-19/h1-10,12,14H,11,13H2,(H,24,27). The Morgan fingerprint density at radius 2 is 1.90 bits per heavy atom. The summed E-state index contributed by atoms with van der Waals surface area (Å²) in [7, 11) is 0. The number of halogens is 1. The summed E-state index contributed by atoms with van der Waals surface area (Å²) in [6.07, 6.45) is 0.0836. The molecule has 1 unspecified atom stereocenters. The number of amides is 2. The lowest BCUT2D eigenvalue weighted by Gasteiger charge is -2.16. The van der Waals surface area contributed by atoms with Crippen molar-refractivity contribution >= 4 is 52.1 Å². The summed E-state index contributed by atoms with van der Waals surface area (Å²) >= 11 is 7.35. The molecule has 8 heteroatoms. The molecule has 2 heterocycles. The van der Waals surface area contributed by atoms with Crippen molar-refractivity contribution in [3.63, 3.8) is 0 Å². The van der Waals surface area contributed by atoms with Crippen molar-refractivity contribution in [1.29, 1.82) is 0 Å². The van der Waals surface area contributed by atoms with E-state index in [9.17, 15) is 14.4 Å². The molecule has 30 heavy (non-hydrogen) atoms. The fourth-order valence-corrected chi connectivity index (χ4v) is 3.97. The highest BCUT2D eigenvalue weighted by atomic mass is 35.5. The van der Waals surface area contributed by atoms with Crippen LogP contribution in [0.1, 0.15) is 16.1 Å². The van der Waals surface area contributed by atoms with Gasteiger partial charge in [0.2, 0.25) is 5.91 Å². The molecule has 1 aromatic heterocycles. The van der Waals surface area contributed by atoms with Gasteiger partial charge in [-0.15, -0.1) is 11.3 Å². The number of rotatable bonds is 5. The lowest BCUT2D eigenvalue weighted by Crippen LogP contribution is -2.27. The molecule has 152 valence electrons. The number of ether oxygens (including phenoxy) is 1. The van der Waals surface area contributed by atoms with Crippen LogP contribution >= 0.6 is 22.9 Å². The zero-order valence-electron chi connectivity index (χ0n) is 15.7. The zero-order chi connectivity index (χ0) is 21.1. The third-order valence-corrected chi connectivity index (χ3v) is 5.76. The Hall–Kier alpha value is -3.16. The summed E-state index contributed by atoms with van der Waals surface area (Å²) in [5, 5.41) is 5.14. The summed E-state index contributed by atoms with van der Waals surface area (Å²) < 4.78 is 5.43. The van der Waals surface area contributed by atoms with Crippen LogP contribution < -0.4 is 15.0 Å². The topological polar surface area (TPSA) is 75.7 Å². The molecule has 0 spiro atoms. The number of hydrogen-bond donors (Lipinski definition) is 1. The fourth-order valence-electron chi connectivity index (χ4n) is 3.17. The van der Waals surface area contributed by atoms with Crippen molar-refractivity contribution in [2.24, 2.45) is 5.92 Å². The summed E-state index contributed by atoms with van der Waals surface area (Å²) in [4.78, 5) is 39.1. The Kier molecular flexibility index (Phi) is 5.83. The van der Waals surface area contributed by atoms with Gasteiger partial charge in [0.15, 0.2) is 0 Å². The SMILES string of the molecule is O=C(Nc1ccc(OC(=O)C2CC(=O)N(c3cccc(Cl)c3)C2)cc1)c1cccs1. The van der Waals surface area contributed by atoms with E-state index in [0.717, 1.165) is 0 Å². The van der Waals surface area contributed by atoms with E-state index in [0.29, 0.717) is 27.0 Å². The molecule has 1 fully saturated rings. The summed E-state index contributed by atoms with van der Waals surface area (Å²) in [6, 6.07) is 17.0. The Bertz CT molecular complexity index is 1080. The van der Waals surface area contributed by atoms with E-state index < -0.39 is 11.9 Å². The second kappa shape index (κ2) is 8.69. The molecule has 0 saturated carbocycles. The van der Waals surface area contributed by atoms with Gasteiger partial charge in [-0.2, -0.15) is 0 Å². The first-order chi connectivity index (χ1) is 14.5. The maximum atomic E-state index is 12.5. The minimum atomic E-state index is -0.560. The highest BCUT2D eigenvalue weighted by molar-refractivity contribution is 7.12. The molecule has 1 aliphatic rings. The Morgan fingerprint density at radius 3 is 2.60 bits per heavy atom. The highest BCUT2D eigenvalue weighted by Gasteiger charge is 2.36. The van der Waals surface area contributed by atoms with Crippen LogP contribution in [0.3, 0.4) is 0 Å². The minimum absolute atomic E-state index is 0.0836. The van der Waals surface area contributed by atoms with Crippen LogP contribution in [0.2, 0.25) is 5.02 Å². The molecule has 0 bridgehead atoms. The molecule has 1 N–H and O–H groups in total. The Labute approximate surface area is 182 Å². The van der Waals surface area contributed by atoms with Gasteiger partial charge in [0.25, 0.3) is 5.91 Å². The second-order valence-corrected chi connectivity index (χ2v) is 8.15. The predicted octanol–water partition coefficient (Wildman–Crippen LogP) is 4.61. The van der Waals surface area contributed by atoms with Crippen LogP contribution in [-0.4, -0.2) is 24.3 Å². The van der Waals surface area contributed by atoms with Gasteiger partial charge in [-0.1, -0.05) is 23.7 Å². The number of anilines is 2. The largest absolute Gasteiger partial charge is 0.426 e. The average molecular weight is 441 g/mol. The van der Waals surface area contributed by atoms with Gasteiger partial charge < -0.3 is 15.0 Å². The smallest absolute Gasteiger partial charge is 0.316 e. The summed E-state index contributed by atoms with van der Waals surface area (Å²) in [5.41, 5.74) is 1.25. The summed E-state index contributed by atoms with van der Waals surface area (Å²) in [6.45, 7) is 0.243. The van der Waals surface area contributed by atoms with Crippen molar-refractivity contribution in [3.05, 3.63) is 75.9 Å². The molecule has 1 atom stereocenters. The molecule has 3 aromatic rings. The molecular formula is C22H17ClN2O4S. The molecule has 0 aliphatic carbocycles. The van der Waals surface area contributed by atoms with Gasteiger partial charge in [-0.3, -0.25) is 14.4 Å².